The molecule has 0 bridgehead atoms. The molecule has 4 rings (SSSR count). The Kier molecular flexibility index (Phi) is 4.58. The highest BCUT2D eigenvalue weighted by atomic mass is 15.1. The highest BCUT2D eigenvalue weighted by molar-refractivity contribution is 5.78. The van der Waals surface area contributed by atoms with Gasteiger partial charge in [0.05, 0.1) is 11.7 Å². The minimum absolute atomic E-state index is 0.753. The summed E-state index contributed by atoms with van der Waals surface area (Å²) in [5, 5.41) is 8.39. The third-order valence-electron chi connectivity index (χ3n) is 5.74. The van der Waals surface area contributed by atoms with Gasteiger partial charge in [-0.1, -0.05) is 24.3 Å². The van der Waals surface area contributed by atoms with Crippen molar-refractivity contribution in [3.8, 4) is 0 Å². The fourth-order valence-electron chi connectivity index (χ4n) is 4.14. The van der Waals surface area contributed by atoms with Crippen molar-refractivity contribution < 1.29 is 0 Å². The number of hydrogen-bond donors (Lipinski definition) is 1. The van der Waals surface area contributed by atoms with Crippen molar-refractivity contribution >= 4 is 10.9 Å². The Morgan fingerprint density at radius 1 is 1.20 bits per heavy atom. The first-order valence-corrected chi connectivity index (χ1v) is 9.38. The van der Waals surface area contributed by atoms with E-state index in [0.29, 0.717) is 0 Å². The first kappa shape index (κ1) is 16.3. The van der Waals surface area contributed by atoms with Crippen LogP contribution in [0.3, 0.4) is 0 Å². The number of piperidine rings is 1. The van der Waals surface area contributed by atoms with Gasteiger partial charge in [-0.15, -0.1) is 0 Å². The molecule has 3 nitrogen and oxygen atoms in total. The lowest BCUT2D eigenvalue weighted by Crippen LogP contribution is -2.35. The summed E-state index contributed by atoms with van der Waals surface area (Å²) in [5.74, 6) is 0.753. The van der Waals surface area contributed by atoms with Crippen molar-refractivity contribution in [2.75, 3.05) is 13.1 Å². The van der Waals surface area contributed by atoms with Crippen molar-refractivity contribution in [1.29, 1.82) is 0 Å². The van der Waals surface area contributed by atoms with Crippen LogP contribution in [0, 0.1) is 19.8 Å². The number of aromatic nitrogens is 2. The fraction of sp³-hybridized carbons (Fsp3) is 0.409. The smallest absolute Gasteiger partial charge is 0.0650 e. The number of rotatable bonds is 4. The molecule has 2 aromatic carbocycles. The van der Waals surface area contributed by atoms with Crippen LogP contribution >= 0.6 is 0 Å². The van der Waals surface area contributed by atoms with E-state index in [4.69, 9.17) is 0 Å². The molecule has 1 atom stereocenters. The molecular weight excluding hydrogens is 306 g/mol. The van der Waals surface area contributed by atoms with E-state index in [-0.39, 0.29) is 0 Å². The standard InChI is InChI=1S/C22H27N3/c1-16-5-3-7-20(17(16)2)15-25-10-4-6-19(14-25)11-18-8-9-22-21(12-18)13-23-24-22/h3,5,7-9,12-13,19H,4,6,10-11,14-15H2,1-2H3,(H,23,24). The second-order valence-electron chi connectivity index (χ2n) is 7.60. The summed E-state index contributed by atoms with van der Waals surface area (Å²) in [6, 6.07) is 13.4. The Morgan fingerprint density at radius 2 is 2.12 bits per heavy atom. The Hall–Kier alpha value is -2.13. The third kappa shape index (κ3) is 3.62. The zero-order valence-electron chi connectivity index (χ0n) is 15.3. The summed E-state index contributed by atoms with van der Waals surface area (Å²) >= 11 is 0. The molecule has 1 unspecified atom stereocenters. The first-order chi connectivity index (χ1) is 12.2. The number of benzene rings is 2. The summed E-state index contributed by atoms with van der Waals surface area (Å²) in [6.07, 6.45) is 5.74. The SMILES string of the molecule is Cc1cccc(CN2CCCC(Cc3ccc4[nH]ncc4c3)C2)c1C. The lowest BCUT2D eigenvalue weighted by atomic mass is 9.90. The van der Waals surface area contributed by atoms with Crippen molar-refractivity contribution in [3.63, 3.8) is 0 Å². The third-order valence-corrected chi connectivity index (χ3v) is 5.74. The summed E-state index contributed by atoms with van der Waals surface area (Å²) in [4.78, 5) is 2.65. The summed E-state index contributed by atoms with van der Waals surface area (Å²) in [7, 11) is 0. The molecule has 0 spiro atoms. The maximum atomic E-state index is 4.13. The molecule has 0 aliphatic carbocycles. The fourth-order valence-corrected chi connectivity index (χ4v) is 4.14. The van der Waals surface area contributed by atoms with Crippen molar-refractivity contribution in [2.24, 2.45) is 5.92 Å². The zero-order chi connectivity index (χ0) is 17.2. The number of H-pyrrole nitrogens is 1. The van der Waals surface area contributed by atoms with Gasteiger partial charge in [0.15, 0.2) is 0 Å². The van der Waals surface area contributed by atoms with E-state index >= 15 is 0 Å². The van der Waals surface area contributed by atoms with Crippen molar-refractivity contribution in [2.45, 2.75) is 39.7 Å². The highest BCUT2D eigenvalue weighted by Gasteiger charge is 2.21. The predicted octanol–water partition coefficient (Wildman–Crippen LogP) is 4.63. The zero-order valence-corrected chi connectivity index (χ0v) is 15.3. The number of fused-ring (bicyclic) bond motifs is 1. The molecular formula is C22H27N3. The summed E-state index contributed by atoms with van der Waals surface area (Å²) in [5.41, 5.74) is 6.91. The summed E-state index contributed by atoms with van der Waals surface area (Å²) in [6.45, 7) is 7.99. The molecule has 1 saturated heterocycles. The van der Waals surface area contributed by atoms with Gasteiger partial charge in [0.1, 0.15) is 0 Å². The normalized spacial score (nSPS) is 18.7. The Bertz CT molecular complexity index is 865. The monoisotopic (exact) mass is 333 g/mol. The van der Waals surface area contributed by atoms with Crippen LogP contribution in [0.15, 0.2) is 42.6 Å². The molecule has 1 aromatic heterocycles. The number of nitrogens with one attached hydrogen (secondary N) is 1. The van der Waals surface area contributed by atoms with Gasteiger partial charge in [-0.2, -0.15) is 5.10 Å². The van der Waals surface area contributed by atoms with E-state index in [1.807, 2.05) is 6.20 Å². The van der Waals surface area contributed by atoms with Crippen LogP contribution in [-0.2, 0) is 13.0 Å². The average Bonchev–Trinajstić information content (AvgIpc) is 3.07. The van der Waals surface area contributed by atoms with Crippen LogP contribution in [-0.4, -0.2) is 28.2 Å². The van der Waals surface area contributed by atoms with Gasteiger partial charge in [0, 0.05) is 18.5 Å². The molecule has 1 fully saturated rings. The Labute approximate surface area is 150 Å². The predicted molar refractivity (Wildman–Crippen MR) is 104 cm³/mol. The molecule has 130 valence electrons. The number of nitrogens with zero attached hydrogens (tertiary/aromatic N) is 2. The van der Waals surface area contributed by atoms with Crippen LogP contribution in [0.2, 0.25) is 0 Å². The first-order valence-electron chi connectivity index (χ1n) is 9.38. The van der Waals surface area contributed by atoms with Gasteiger partial charge in [0.25, 0.3) is 0 Å². The van der Waals surface area contributed by atoms with E-state index < -0.39 is 0 Å². The quantitative estimate of drug-likeness (QED) is 0.754. The Balaban J connectivity index is 1.42. The van der Waals surface area contributed by atoms with Gasteiger partial charge in [0.2, 0.25) is 0 Å². The van der Waals surface area contributed by atoms with Gasteiger partial charge in [-0.25, -0.2) is 0 Å². The maximum Gasteiger partial charge on any atom is 0.0650 e. The van der Waals surface area contributed by atoms with Crippen LogP contribution in [0.25, 0.3) is 10.9 Å². The topological polar surface area (TPSA) is 31.9 Å². The van der Waals surface area contributed by atoms with Crippen LogP contribution in [0.1, 0.15) is 35.1 Å². The van der Waals surface area contributed by atoms with Gasteiger partial charge >= 0.3 is 0 Å². The van der Waals surface area contributed by atoms with E-state index in [1.165, 1.54) is 60.0 Å². The lowest BCUT2D eigenvalue weighted by molar-refractivity contribution is 0.167. The van der Waals surface area contributed by atoms with E-state index in [0.717, 1.165) is 18.0 Å². The molecule has 25 heavy (non-hydrogen) atoms. The van der Waals surface area contributed by atoms with E-state index in [2.05, 4.69) is 65.3 Å². The average molecular weight is 333 g/mol. The van der Waals surface area contributed by atoms with Crippen molar-refractivity contribution in [1.82, 2.24) is 15.1 Å². The van der Waals surface area contributed by atoms with Crippen molar-refractivity contribution in [3.05, 3.63) is 64.8 Å². The minimum Gasteiger partial charge on any atom is -0.299 e. The number of aryl methyl sites for hydroxylation is 1. The Morgan fingerprint density at radius 3 is 3.04 bits per heavy atom. The number of hydrogen-bond acceptors (Lipinski definition) is 2. The van der Waals surface area contributed by atoms with E-state index in [9.17, 15) is 0 Å². The van der Waals surface area contributed by atoms with Crippen LogP contribution in [0.4, 0.5) is 0 Å². The van der Waals surface area contributed by atoms with Gasteiger partial charge in [-0.3, -0.25) is 10.00 Å². The maximum absolute atomic E-state index is 4.13. The molecule has 3 heteroatoms. The van der Waals surface area contributed by atoms with Crippen LogP contribution in [0.5, 0.6) is 0 Å². The molecule has 0 radical (unpaired) electrons. The van der Waals surface area contributed by atoms with Crippen LogP contribution < -0.4 is 0 Å². The highest BCUT2D eigenvalue weighted by Crippen LogP contribution is 2.25. The van der Waals surface area contributed by atoms with E-state index in [1.54, 1.807) is 0 Å². The number of aromatic amines is 1. The second-order valence-corrected chi connectivity index (χ2v) is 7.60. The minimum atomic E-state index is 0.753. The molecule has 1 aliphatic rings. The largest absolute Gasteiger partial charge is 0.299 e. The molecule has 2 heterocycles. The second kappa shape index (κ2) is 7.01. The van der Waals surface area contributed by atoms with Gasteiger partial charge in [-0.05, 0) is 80.0 Å². The summed E-state index contributed by atoms with van der Waals surface area (Å²) < 4.78 is 0. The molecule has 0 amide bonds. The van der Waals surface area contributed by atoms with Gasteiger partial charge < -0.3 is 0 Å². The molecule has 1 aliphatic heterocycles. The molecule has 1 N–H and O–H groups in total. The molecule has 3 aromatic rings. The number of likely N-dealkylation sites (tertiary alicyclic amines) is 1. The molecule has 0 saturated carbocycles. The lowest BCUT2D eigenvalue weighted by Gasteiger charge is -2.33.